The molecule has 1 heterocycles. The lowest BCUT2D eigenvalue weighted by Crippen LogP contribution is -2.44. The lowest BCUT2D eigenvalue weighted by atomic mass is 9.79. The summed E-state index contributed by atoms with van der Waals surface area (Å²) in [5.41, 5.74) is -1.25. The smallest absolute Gasteiger partial charge is 0.390 e. The molecule has 0 radical (unpaired) electrons. The van der Waals surface area contributed by atoms with Gasteiger partial charge in [0.15, 0.2) is 0 Å². The fourth-order valence-electron chi connectivity index (χ4n) is 2.44. The van der Waals surface area contributed by atoms with E-state index in [1.54, 1.807) is 18.2 Å². The van der Waals surface area contributed by atoms with Crippen molar-refractivity contribution < 1.29 is 23.1 Å². The zero-order valence-corrected chi connectivity index (χ0v) is 9.66. The number of alkyl halides is 3. The molecule has 0 saturated carbocycles. The number of fused-ring (bicyclic) bond motifs is 1. The van der Waals surface area contributed by atoms with Crippen LogP contribution in [0.4, 0.5) is 18.9 Å². The van der Waals surface area contributed by atoms with Gasteiger partial charge in [0.2, 0.25) is 5.91 Å². The van der Waals surface area contributed by atoms with E-state index >= 15 is 0 Å². The second-order valence-corrected chi connectivity index (χ2v) is 4.41. The van der Waals surface area contributed by atoms with Gasteiger partial charge in [-0.2, -0.15) is 13.2 Å². The molecule has 0 bridgehead atoms. The third kappa shape index (κ3) is 1.77. The Hall–Kier alpha value is -1.56. The Labute approximate surface area is 102 Å². The summed E-state index contributed by atoms with van der Waals surface area (Å²) in [6.45, 7) is -0.854. The summed E-state index contributed by atoms with van der Waals surface area (Å²) in [7, 11) is 1.41. The molecule has 0 aliphatic carbocycles. The van der Waals surface area contributed by atoms with Crippen molar-refractivity contribution in [2.75, 3.05) is 18.6 Å². The molecule has 1 N–H and O–H groups in total. The highest BCUT2D eigenvalue weighted by molar-refractivity contribution is 6.07. The Kier molecular flexibility index (Phi) is 2.85. The van der Waals surface area contributed by atoms with Crippen LogP contribution in [0, 0.1) is 0 Å². The van der Waals surface area contributed by atoms with Gasteiger partial charge in [-0.1, -0.05) is 18.2 Å². The Balaban J connectivity index is 2.57. The first-order valence-corrected chi connectivity index (χ1v) is 5.37. The fraction of sp³-hybridized carbons (Fsp3) is 0.417. The molecule has 1 atom stereocenters. The Morgan fingerprint density at radius 2 is 1.94 bits per heavy atom. The molecule has 98 valence electrons. The summed E-state index contributed by atoms with van der Waals surface area (Å²) in [6, 6.07) is 6.23. The molecule has 0 saturated heterocycles. The van der Waals surface area contributed by atoms with E-state index in [0.29, 0.717) is 5.69 Å². The van der Waals surface area contributed by atoms with E-state index in [0.717, 1.165) is 4.90 Å². The normalized spacial score (nSPS) is 23.4. The maximum absolute atomic E-state index is 12.7. The van der Waals surface area contributed by atoms with Crippen LogP contribution in [0.5, 0.6) is 0 Å². The van der Waals surface area contributed by atoms with Crippen LogP contribution in [-0.4, -0.2) is 30.8 Å². The monoisotopic (exact) mass is 259 g/mol. The molecule has 1 aromatic carbocycles. The second kappa shape index (κ2) is 3.98. The Bertz CT molecular complexity index is 486. The predicted molar refractivity (Wildman–Crippen MR) is 59.3 cm³/mol. The van der Waals surface area contributed by atoms with Crippen molar-refractivity contribution >= 4 is 11.6 Å². The van der Waals surface area contributed by atoms with Crippen LogP contribution in [-0.2, 0) is 10.2 Å². The van der Waals surface area contributed by atoms with Crippen molar-refractivity contribution in [1.29, 1.82) is 0 Å². The average Bonchev–Trinajstić information content (AvgIpc) is 2.51. The predicted octanol–water partition coefficient (Wildman–Crippen LogP) is 1.85. The number of amides is 1. The van der Waals surface area contributed by atoms with Crippen molar-refractivity contribution in [2.45, 2.75) is 18.0 Å². The van der Waals surface area contributed by atoms with Gasteiger partial charge in [0.1, 0.15) is 5.41 Å². The number of rotatable bonds is 2. The number of para-hydroxylation sites is 1. The number of aliphatic hydroxyl groups excluding tert-OH is 1. The van der Waals surface area contributed by atoms with Crippen LogP contribution in [0.1, 0.15) is 12.0 Å². The second-order valence-electron chi connectivity index (χ2n) is 4.41. The van der Waals surface area contributed by atoms with Gasteiger partial charge in [-0.3, -0.25) is 4.79 Å². The topological polar surface area (TPSA) is 40.5 Å². The molecular weight excluding hydrogens is 247 g/mol. The van der Waals surface area contributed by atoms with E-state index in [-0.39, 0.29) is 5.56 Å². The first-order chi connectivity index (χ1) is 8.32. The van der Waals surface area contributed by atoms with Gasteiger partial charge in [-0.15, -0.1) is 0 Å². The molecule has 1 aliphatic heterocycles. The summed E-state index contributed by atoms with van der Waals surface area (Å²) in [6.07, 6.45) is -5.87. The summed E-state index contributed by atoms with van der Waals surface area (Å²) in [5.74, 6) is -0.719. The highest BCUT2D eigenvalue weighted by Gasteiger charge is 2.54. The van der Waals surface area contributed by atoms with Crippen molar-refractivity contribution in [2.24, 2.45) is 0 Å². The largest absolute Gasteiger partial charge is 0.395 e. The van der Waals surface area contributed by atoms with Gasteiger partial charge >= 0.3 is 6.18 Å². The van der Waals surface area contributed by atoms with Crippen LogP contribution in [0.2, 0.25) is 0 Å². The third-order valence-corrected chi connectivity index (χ3v) is 3.27. The summed E-state index contributed by atoms with van der Waals surface area (Å²) in [4.78, 5) is 13.2. The van der Waals surface area contributed by atoms with Gasteiger partial charge in [0.05, 0.1) is 13.0 Å². The van der Waals surface area contributed by atoms with Crippen LogP contribution in [0.3, 0.4) is 0 Å². The van der Waals surface area contributed by atoms with Crippen molar-refractivity contribution in [3.8, 4) is 0 Å². The molecule has 1 unspecified atom stereocenters. The molecule has 2 rings (SSSR count). The molecule has 1 aromatic rings. The number of anilines is 1. The van der Waals surface area contributed by atoms with Gasteiger partial charge in [0, 0.05) is 12.7 Å². The zero-order valence-electron chi connectivity index (χ0n) is 9.66. The SMILES string of the molecule is CN1C(=O)C(CO)(CC(F)(F)F)c2ccccc21. The maximum atomic E-state index is 12.7. The van der Waals surface area contributed by atoms with E-state index < -0.39 is 30.5 Å². The van der Waals surface area contributed by atoms with Crippen LogP contribution in [0.15, 0.2) is 24.3 Å². The number of benzene rings is 1. The Morgan fingerprint density at radius 3 is 2.50 bits per heavy atom. The fourth-order valence-corrected chi connectivity index (χ4v) is 2.44. The number of hydrogen-bond donors (Lipinski definition) is 1. The Morgan fingerprint density at radius 1 is 1.33 bits per heavy atom. The number of carbonyl (C=O) groups excluding carboxylic acids is 1. The quantitative estimate of drug-likeness (QED) is 0.880. The molecule has 1 aliphatic rings. The van der Waals surface area contributed by atoms with Gasteiger partial charge in [0.25, 0.3) is 0 Å². The number of halogens is 3. The molecular formula is C12H12F3NO2. The molecule has 0 spiro atoms. The van der Waals surface area contributed by atoms with Crippen molar-refractivity contribution in [3.63, 3.8) is 0 Å². The maximum Gasteiger partial charge on any atom is 0.390 e. The minimum Gasteiger partial charge on any atom is -0.395 e. The van der Waals surface area contributed by atoms with Crippen LogP contribution in [0.25, 0.3) is 0 Å². The molecule has 0 aromatic heterocycles. The van der Waals surface area contributed by atoms with Gasteiger partial charge < -0.3 is 10.0 Å². The standard InChI is InChI=1S/C12H12F3NO2/c1-16-9-5-3-2-4-8(9)11(7-17,10(16)18)6-12(13,14)15/h2-5,17H,6-7H2,1H3. The lowest BCUT2D eigenvalue weighted by molar-refractivity contribution is -0.159. The highest BCUT2D eigenvalue weighted by atomic mass is 19.4. The van der Waals surface area contributed by atoms with E-state index in [2.05, 4.69) is 0 Å². The van der Waals surface area contributed by atoms with Crippen molar-refractivity contribution in [3.05, 3.63) is 29.8 Å². The zero-order chi connectivity index (χ0) is 13.6. The molecule has 0 fully saturated rings. The highest BCUT2D eigenvalue weighted by Crippen LogP contribution is 2.46. The number of aliphatic hydroxyl groups is 1. The summed E-state index contributed by atoms with van der Waals surface area (Å²) >= 11 is 0. The first-order valence-electron chi connectivity index (χ1n) is 5.37. The minimum absolute atomic E-state index is 0.234. The number of carbonyl (C=O) groups is 1. The number of hydrogen-bond acceptors (Lipinski definition) is 2. The van der Waals surface area contributed by atoms with E-state index in [4.69, 9.17) is 0 Å². The van der Waals surface area contributed by atoms with Crippen LogP contribution < -0.4 is 4.90 Å². The summed E-state index contributed by atoms with van der Waals surface area (Å²) < 4.78 is 38.0. The molecule has 18 heavy (non-hydrogen) atoms. The number of nitrogens with zero attached hydrogens (tertiary/aromatic N) is 1. The summed E-state index contributed by atoms with van der Waals surface area (Å²) in [5, 5.41) is 9.37. The van der Waals surface area contributed by atoms with Gasteiger partial charge in [-0.25, -0.2) is 0 Å². The minimum atomic E-state index is -4.52. The van der Waals surface area contributed by atoms with Crippen LogP contribution >= 0.6 is 0 Å². The van der Waals surface area contributed by atoms with E-state index in [1.807, 2.05) is 0 Å². The van der Waals surface area contributed by atoms with Crippen molar-refractivity contribution in [1.82, 2.24) is 0 Å². The number of likely N-dealkylation sites (N-methyl/N-ethyl adjacent to an activating group) is 1. The molecule has 3 nitrogen and oxygen atoms in total. The molecule has 6 heteroatoms. The third-order valence-electron chi connectivity index (χ3n) is 3.27. The van der Waals surface area contributed by atoms with E-state index in [9.17, 15) is 23.1 Å². The first kappa shape index (κ1) is 12.9. The lowest BCUT2D eigenvalue weighted by Gasteiger charge is -2.26. The van der Waals surface area contributed by atoms with E-state index in [1.165, 1.54) is 13.1 Å². The van der Waals surface area contributed by atoms with Gasteiger partial charge in [-0.05, 0) is 11.6 Å². The molecule has 1 amide bonds. The average molecular weight is 259 g/mol.